The van der Waals surface area contributed by atoms with Crippen molar-refractivity contribution in [1.82, 2.24) is 0 Å². The Morgan fingerprint density at radius 1 is 1.11 bits per heavy atom. The zero-order valence-electron chi connectivity index (χ0n) is 10.7. The van der Waals surface area contributed by atoms with Gasteiger partial charge in [-0.05, 0) is 36.8 Å². The van der Waals surface area contributed by atoms with Gasteiger partial charge in [-0.25, -0.2) is 0 Å². The largest absolute Gasteiger partial charge is 0.506 e. The van der Waals surface area contributed by atoms with E-state index in [1.54, 1.807) is 12.1 Å². The minimum Gasteiger partial charge on any atom is -0.506 e. The second-order valence-corrected chi connectivity index (χ2v) is 4.58. The van der Waals surface area contributed by atoms with Crippen LogP contribution in [0.15, 0.2) is 42.5 Å². The van der Waals surface area contributed by atoms with Gasteiger partial charge in [0.2, 0.25) is 0 Å². The molecule has 0 saturated carbocycles. The molecule has 0 aliphatic heterocycles. The predicted octanol–water partition coefficient (Wildman–Crippen LogP) is 2.92. The maximum Gasteiger partial charge on any atom is 0.138 e. The molecule has 0 amide bonds. The fourth-order valence-electron chi connectivity index (χ4n) is 1.87. The van der Waals surface area contributed by atoms with Crippen molar-refractivity contribution in [2.45, 2.75) is 13.5 Å². The number of nitrogens with two attached hydrogens (primary N) is 1. The maximum absolute atomic E-state index is 9.39. The van der Waals surface area contributed by atoms with Gasteiger partial charge in [-0.3, -0.25) is 0 Å². The molecule has 0 aliphatic rings. The van der Waals surface area contributed by atoms with Crippen molar-refractivity contribution in [3.05, 3.63) is 53.6 Å². The van der Waals surface area contributed by atoms with Gasteiger partial charge in [0.25, 0.3) is 0 Å². The molecule has 2 aromatic rings. The number of aryl methyl sites for hydroxylation is 1. The number of hydrogen-bond acceptors (Lipinski definition) is 3. The molecule has 0 heterocycles. The second kappa shape index (κ2) is 5.00. The third-order valence-electron chi connectivity index (χ3n) is 2.99. The molecule has 3 nitrogen and oxygen atoms in total. The van der Waals surface area contributed by atoms with Crippen molar-refractivity contribution in [3.8, 4) is 5.75 Å². The van der Waals surface area contributed by atoms with Crippen LogP contribution in [0.4, 0.5) is 11.4 Å². The van der Waals surface area contributed by atoms with E-state index in [4.69, 9.17) is 5.73 Å². The summed E-state index contributed by atoms with van der Waals surface area (Å²) in [6, 6.07) is 13.7. The first-order valence-electron chi connectivity index (χ1n) is 5.91. The maximum atomic E-state index is 9.39. The highest BCUT2D eigenvalue weighted by molar-refractivity contribution is 5.54. The summed E-state index contributed by atoms with van der Waals surface area (Å²) < 4.78 is 0. The molecule has 0 bridgehead atoms. The van der Waals surface area contributed by atoms with Gasteiger partial charge < -0.3 is 15.7 Å². The van der Waals surface area contributed by atoms with Crippen LogP contribution in [0, 0.1) is 6.92 Å². The summed E-state index contributed by atoms with van der Waals surface area (Å²) in [5.74, 6) is 0.136. The molecule has 0 aromatic heterocycles. The zero-order chi connectivity index (χ0) is 13.1. The summed E-state index contributed by atoms with van der Waals surface area (Å²) in [5, 5.41) is 9.39. The number of nitrogens with zero attached hydrogens (tertiary/aromatic N) is 1. The monoisotopic (exact) mass is 242 g/mol. The van der Waals surface area contributed by atoms with E-state index in [1.807, 2.05) is 13.1 Å². The van der Waals surface area contributed by atoms with Gasteiger partial charge in [0.05, 0.1) is 5.69 Å². The molecule has 18 heavy (non-hydrogen) atoms. The summed E-state index contributed by atoms with van der Waals surface area (Å²) in [6.45, 7) is 2.83. The lowest BCUT2D eigenvalue weighted by Crippen LogP contribution is -2.16. The van der Waals surface area contributed by atoms with Crippen LogP contribution >= 0.6 is 0 Å². The number of rotatable bonds is 3. The molecule has 0 fully saturated rings. The molecule has 0 aliphatic carbocycles. The molecule has 2 aromatic carbocycles. The van der Waals surface area contributed by atoms with Crippen LogP contribution in [0.3, 0.4) is 0 Å². The van der Waals surface area contributed by atoms with Crippen LogP contribution in [0.1, 0.15) is 11.1 Å². The smallest absolute Gasteiger partial charge is 0.138 e. The van der Waals surface area contributed by atoms with Crippen LogP contribution in [0.2, 0.25) is 0 Å². The Kier molecular flexibility index (Phi) is 3.42. The molecule has 0 spiro atoms. The minimum absolute atomic E-state index is 0.136. The number of aromatic hydroxyl groups is 1. The van der Waals surface area contributed by atoms with Crippen LogP contribution in [-0.2, 0) is 6.54 Å². The zero-order valence-corrected chi connectivity index (χ0v) is 10.7. The van der Waals surface area contributed by atoms with Gasteiger partial charge in [-0.2, -0.15) is 0 Å². The highest BCUT2D eigenvalue weighted by atomic mass is 16.3. The average Bonchev–Trinajstić information content (AvgIpc) is 2.34. The molecule has 0 saturated heterocycles. The van der Waals surface area contributed by atoms with Gasteiger partial charge >= 0.3 is 0 Å². The van der Waals surface area contributed by atoms with E-state index in [0.717, 1.165) is 17.8 Å². The van der Waals surface area contributed by atoms with E-state index in [0.29, 0.717) is 5.69 Å². The number of nitrogen functional groups attached to an aromatic ring is 1. The van der Waals surface area contributed by atoms with Crippen LogP contribution in [0.5, 0.6) is 5.75 Å². The Balaban J connectivity index is 2.13. The summed E-state index contributed by atoms with van der Waals surface area (Å²) >= 11 is 0. The van der Waals surface area contributed by atoms with Crippen LogP contribution in [-0.4, -0.2) is 12.2 Å². The number of phenolic OH excluding ortho intramolecular Hbond substituents is 1. The highest BCUT2D eigenvalue weighted by Crippen LogP contribution is 2.22. The van der Waals surface area contributed by atoms with Crippen molar-refractivity contribution >= 4 is 11.4 Å². The van der Waals surface area contributed by atoms with Crippen molar-refractivity contribution < 1.29 is 5.11 Å². The van der Waals surface area contributed by atoms with Gasteiger partial charge in [0, 0.05) is 19.3 Å². The Hall–Kier alpha value is -2.16. The molecule has 0 atom stereocenters. The molecule has 3 heteroatoms. The molecular weight excluding hydrogens is 224 g/mol. The molecule has 0 radical (unpaired) electrons. The lowest BCUT2D eigenvalue weighted by Gasteiger charge is -2.20. The second-order valence-electron chi connectivity index (χ2n) is 4.58. The Morgan fingerprint density at radius 2 is 1.78 bits per heavy atom. The Morgan fingerprint density at radius 3 is 2.39 bits per heavy atom. The molecule has 0 unspecified atom stereocenters. The lowest BCUT2D eigenvalue weighted by molar-refractivity contribution is 0.478. The third kappa shape index (κ3) is 2.74. The predicted molar refractivity (Wildman–Crippen MR) is 75.8 cm³/mol. The summed E-state index contributed by atoms with van der Waals surface area (Å²) in [5.41, 5.74) is 9.60. The Labute approximate surface area is 107 Å². The van der Waals surface area contributed by atoms with Crippen molar-refractivity contribution in [2.75, 3.05) is 17.7 Å². The third-order valence-corrected chi connectivity index (χ3v) is 2.99. The van der Waals surface area contributed by atoms with Crippen molar-refractivity contribution in [1.29, 1.82) is 0 Å². The van der Waals surface area contributed by atoms with Crippen molar-refractivity contribution in [3.63, 3.8) is 0 Å². The van der Waals surface area contributed by atoms with Crippen molar-refractivity contribution in [2.24, 2.45) is 0 Å². The van der Waals surface area contributed by atoms with E-state index in [9.17, 15) is 5.11 Å². The van der Waals surface area contributed by atoms with Gasteiger partial charge in [-0.1, -0.05) is 23.8 Å². The van der Waals surface area contributed by atoms with E-state index in [2.05, 4.69) is 36.1 Å². The molecular formula is C15H18N2O. The molecule has 2 rings (SSSR count). The van der Waals surface area contributed by atoms with E-state index < -0.39 is 0 Å². The highest BCUT2D eigenvalue weighted by Gasteiger charge is 2.04. The number of anilines is 2. The van der Waals surface area contributed by atoms with Gasteiger partial charge in [0.1, 0.15) is 5.75 Å². The summed E-state index contributed by atoms with van der Waals surface area (Å²) in [4.78, 5) is 2.14. The van der Waals surface area contributed by atoms with Crippen LogP contribution < -0.4 is 10.6 Å². The van der Waals surface area contributed by atoms with E-state index in [-0.39, 0.29) is 5.75 Å². The summed E-state index contributed by atoms with van der Waals surface area (Å²) in [6.07, 6.45) is 0. The summed E-state index contributed by atoms with van der Waals surface area (Å²) in [7, 11) is 2.04. The minimum atomic E-state index is 0.136. The van der Waals surface area contributed by atoms with Gasteiger partial charge in [0.15, 0.2) is 0 Å². The fraction of sp³-hybridized carbons (Fsp3) is 0.200. The van der Waals surface area contributed by atoms with Crippen LogP contribution in [0.25, 0.3) is 0 Å². The topological polar surface area (TPSA) is 49.5 Å². The standard InChI is InChI=1S/C15H18N2O/c1-11-3-6-13(7-4-11)17(2)10-12-5-8-15(18)14(16)9-12/h3-9,18H,10,16H2,1-2H3. The van der Waals surface area contributed by atoms with E-state index >= 15 is 0 Å². The quantitative estimate of drug-likeness (QED) is 0.642. The normalized spacial score (nSPS) is 10.3. The van der Waals surface area contributed by atoms with Gasteiger partial charge in [-0.15, -0.1) is 0 Å². The number of phenols is 1. The first-order valence-corrected chi connectivity index (χ1v) is 5.91. The van der Waals surface area contributed by atoms with E-state index in [1.165, 1.54) is 5.56 Å². The number of benzene rings is 2. The SMILES string of the molecule is Cc1ccc(N(C)Cc2ccc(O)c(N)c2)cc1. The lowest BCUT2D eigenvalue weighted by atomic mass is 10.1. The fourth-order valence-corrected chi connectivity index (χ4v) is 1.87. The average molecular weight is 242 g/mol. The first kappa shape index (κ1) is 12.3. The molecule has 3 N–H and O–H groups in total. The molecule has 94 valence electrons. The number of hydrogen-bond donors (Lipinski definition) is 2. The Bertz CT molecular complexity index is 535. The first-order chi connectivity index (χ1) is 8.56.